The van der Waals surface area contributed by atoms with Crippen molar-refractivity contribution in [3.63, 3.8) is 0 Å². The van der Waals surface area contributed by atoms with Gasteiger partial charge in [0.2, 0.25) is 0 Å². The first kappa shape index (κ1) is 13.8. The van der Waals surface area contributed by atoms with Crippen LogP contribution >= 0.6 is 0 Å². The molecule has 2 aliphatic rings. The van der Waals surface area contributed by atoms with Crippen molar-refractivity contribution >= 4 is 5.97 Å². The Balaban J connectivity index is 1.77. The minimum absolute atomic E-state index is 0.00769. The summed E-state index contributed by atoms with van der Waals surface area (Å²) in [5, 5.41) is 3.40. The van der Waals surface area contributed by atoms with Gasteiger partial charge in [-0.3, -0.25) is 9.69 Å². The summed E-state index contributed by atoms with van der Waals surface area (Å²) in [6, 6.07) is 0.685. The van der Waals surface area contributed by atoms with Crippen LogP contribution in [0.2, 0.25) is 0 Å². The first-order valence-corrected chi connectivity index (χ1v) is 7.13. The first-order valence-electron chi connectivity index (χ1n) is 7.13. The molecular formula is C14H26N2O2. The van der Waals surface area contributed by atoms with Crippen LogP contribution in [0.4, 0.5) is 0 Å². The first-order chi connectivity index (χ1) is 8.46. The van der Waals surface area contributed by atoms with Gasteiger partial charge in [0.1, 0.15) is 5.60 Å². The molecule has 2 saturated heterocycles. The monoisotopic (exact) mass is 254 g/mol. The number of likely N-dealkylation sites (tertiary alicyclic amines) is 1. The summed E-state index contributed by atoms with van der Waals surface area (Å²) in [6.45, 7) is 10.1. The topological polar surface area (TPSA) is 41.6 Å². The number of rotatable bonds is 2. The van der Waals surface area contributed by atoms with Crippen LogP contribution in [-0.4, -0.2) is 48.7 Å². The smallest absolute Gasteiger partial charge is 0.309 e. The van der Waals surface area contributed by atoms with Crippen LogP contribution in [0.25, 0.3) is 0 Å². The average molecular weight is 254 g/mol. The van der Waals surface area contributed by atoms with Gasteiger partial charge in [-0.15, -0.1) is 0 Å². The quantitative estimate of drug-likeness (QED) is 0.756. The summed E-state index contributed by atoms with van der Waals surface area (Å²) >= 11 is 0. The number of hydrogen-bond acceptors (Lipinski definition) is 4. The number of carbonyl (C=O) groups excluding carboxylic acids is 1. The highest BCUT2D eigenvalue weighted by Gasteiger charge is 2.32. The Bertz CT molecular complexity index is 285. The third-order valence-electron chi connectivity index (χ3n) is 3.82. The van der Waals surface area contributed by atoms with Crippen LogP contribution in [0.1, 0.15) is 40.0 Å². The van der Waals surface area contributed by atoms with Crippen LogP contribution in [0.15, 0.2) is 0 Å². The van der Waals surface area contributed by atoms with Crippen LogP contribution in [0.5, 0.6) is 0 Å². The Morgan fingerprint density at radius 1 is 1.22 bits per heavy atom. The van der Waals surface area contributed by atoms with E-state index < -0.39 is 0 Å². The number of carbonyl (C=O) groups is 1. The molecule has 0 aromatic heterocycles. The Morgan fingerprint density at radius 3 is 2.39 bits per heavy atom. The van der Waals surface area contributed by atoms with Crippen molar-refractivity contribution in [1.82, 2.24) is 10.2 Å². The molecule has 2 fully saturated rings. The van der Waals surface area contributed by atoms with E-state index in [-0.39, 0.29) is 17.5 Å². The lowest BCUT2D eigenvalue weighted by Gasteiger charge is -2.35. The third-order valence-corrected chi connectivity index (χ3v) is 3.82. The second-order valence-corrected chi connectivity index (χ2v) is 6.49. The SMILES string of the molecule is CC(C)(C)OC(=O)C1CCN([C@H]2CCNC2)CC1. The molecule has 2 rings (SSSR count). The van der Waals surface area contributed by atoms with Gasteiger partial charge in [-0.05, 0) is 59.7 Å². The van der Waals surface area contributed by atoms with Gasteiger partial charge in [-0.25, -0.2) is 0 Å². The normalized spacial score (nSPS) is 27.4. The van der Waals surface area contributed by atoms with E-state index in [4.69, 9.17) is 4.74 Å². The van der Waals surface area contributed by atoms with Crippen molar-refractivity contribution in [2.24, 2.45) is 5.92 Å². The van der Waals surface area contributed by atoms with Gasteiger partial charge in [0.25, 0.3) is 0 Å². The van der Waals surface area contributed by atoms with Crippen molar-refractivity contribution in [2.45, 2.75) is 51.7 Å². The van der Waals surface area contributed by atoms with E-state index in [0.717, 1.165) is 39.0 Å². The Hall–Kier alpha value is -0.610. The molecular weight excluding hydrogens is 228 g/mol. The van der Waals surface area contributed by atoms with Crippen LogP contribution in [0.3, 0.4) is 0 Å². The molecule has 104 valence electrons. The molecule has 2 heterocycles. The van der Waals surface area contributed by atoms with Crippen LogP contribution in [-0.2, 0) is 9.53 Å². The predicted octanol–water partition coefficient (Wildman–Crippen LogP) is 1.40. The van der Waals surface area contributed by atoms with Crippen molar-refractivity contribution in [3.8, 4) is 0 Å². The van der Waals surface area contributed by atoms with Gasteiger partial charge in [0.05, 0.1) is 5.92 Å². The van der Waals surface area contributed by atoms with Crippen molar-refractivity contribution in [3.05, 3.63) is 0 Å². The Morgan fingerprint density at radius 2 is 1.89 bits per heavy atom. The van der Waals surface area contributed by atoms with E-state index in [9.17, 15) is 4.79 Å². The standard InChI is InChI=1S/C14H26N2O2/c1-14(2,3)18-13(17)11-5-8-16(9-6-11)12-4-7-15-10-12/h11-12,15H,4-10H2,1-3H3/t12-/m0/s1. The Labute approximate surface area is 110 Å². The number of nitrogens with one attached hydrogen (secondary N) is 1. The van der Waals surface area contributed by atoms with Gasteiger partial charge >= 0.3 is 5.97 Å². The minimum Gasteiger partial charge on any atom is -0.460 e. The molecule has 0 radical (unpaired) electrons. The second kappa shape index (κ2) is 5.57. The maximum atomic E-state index is 12.0. The van der Waals surface area contributed by atoms with E-state index in [0.29, 0.717) is 6.04 Å². The molecule has 0 spiro atoms. The molecule has 1 atom stereocenters. The van der Waals surface area contributed by atoms with E-state index in [1.807, 2.05) is 20.8 Å². The predicted molar refractivity (Wildman–Crippen MR) is 71.4 cm³/mol. The van der Waals surface area contributed by atoms with Crippen LogP contribution in [0, 0.1) is 5.92 Å². The molecule has 0 aromatic carbocycles. The molecule has 0 bridgehead atoms. The van der Waals surface area contributed by atoms with Gasteiger partial charge in [-0.1, -0.05) is 0 Å². The summed E-state index contributed by atoms with van der Waals surface area (Å²) in [5.41, 5.74) is -0.358. The zero-order valence-corrected chi connectivity index (χ0v) is 11.9. The molecule has 0 unspecified atom stereocenters. The molecule has 1 N–H and O–H groups in total. The van der Waals surface area contributed by atoms with Crippen molar-refractivity contribution in [2.75, 3.05) is 26.2 Å². The number of ether oxygens (including phenoxy) is 1. The van der Waals surface area contributed by atoms with Gasteiger partial charge in [0.15, 0.2) is 0 Å². The van der Waals surface area contributed by atoms with Gasteiger partial charge < -0.3 is 10.1 Å². The fourth-order valence-corrected chi connectivity index (χ4v) is 2.84. The highest BCUT2D eigenvalue weighted by Crippen LogP contribution is 2.23. The molecule has 4 heteroatoms. The summed E-state index contributed by atoms with van der Waals surface area (Å²) in [5.74, 6) is 0.0986. The van der Waals surface area contributed by atoms with E-state index in [2.05, 4.69) is 10.2 Å². The largest absolute Gasteiger partial charge is 0.460 e. The van der Waals surface area contributed by atoms with E-state index in [1.54, 1.807) is 0 Å². The summed E-state index contributed by atoms with van der Waals surface area (Å²) < 4.78 is 5.47. The molecule has 18 heavy (non-hydrogen) atoms. The number of esters is 1. The maximum absolute atomic E-state index is 12.0. The minimum atomic E-state index is -0.358. The van der Waals surface area contributed by atoms with E-state index in [1.165, 1.54) is 6.42 Å². The van der Waals surface area contributed by atoms with Gasteiger partial charge in [0, 0.05) is 12.6 Å². The number of nitrogens with zero attached hydrogens (tertiary/aromatic N) is 1. The molecule has 4 nitrogen and oxygen atoms in total. The zero-order valence-electron chi connectivity index (χ0n) is 11.9. The summed E-state index contributed by atoms with van der Waals surface area (Å²) in [4.78, 5) is 14.5. The highest BCUT2D eigenvalue weighted by molar-refractivity contribution is 5.73. The molecule has 2 aliphatic heterocycles. The van der Waals surface area contributed by atoms with Crippen LogP contribution < -0.4 is 5.32 Å². The average Bonchev–Trinajstić information content (AvgIpc) is 2.80. The lowest BCUT2D eigenvalue weighted by molar-refractivity contribution is -0.161. The highest BCUT2D eigenvalue weighted by atomic mass is 16.6. The fourth-order valence-electron chi connectivity index (χ4n) is 2.84. The lowest BCUT2D eigenvalue weighted by atomic mass is 9.95. The number of hydrogen-bond donors (Lipinski definition) is 1. The lowest BCUT2D eigenvalue weighted by Crippen LogP contribution is -2.44. The fraction of sp³-hybridized carbons (Fsp3) is 0.929. The maximum Gasteiger partial charge on any atom is 0.309 e. The molecule has 0 saturated carbocycles. The third kappa shape index (κ3) is 3.69. The molecule has 0 aromatic rings. The summed E-state index contributed by atoms with van der Waals surface area (Å²) in [7, 11) is 0. The Kier molecular flexibility index (Phi) is 4.28. The van der Waals surface area contributed by atoms with E-state index >= 15 is 0 Å². The molecule has 0 aliphatic carbocycles. The zero-order chi connectivity index (χ0) is 13.2. The molecule has 0 amide bonds. The van der Waals surface area contributed by atoms with Crippen molar-refractivity contribution in [1.29, 1.82) is 0 Å². The summed E-state index contributed by atoms with van der Waals surface area (Å²) in [6.07, 6.45) is 3.15. The van der Waals surface area contributed by atoms with Gasteiger partial charge in [-0.2, -0.15) is 0 Å². The van der Waals surface area contributed by atoms with Crippen molar-refractivity contribution < 1.29 is 9.53 Å². The second-order valence-electron chi connectivity index (χ2n) is 6.49. The number of piperidine rings is 1.